The monoisotopic (exact) mass is 200 g/mol. The van der Waals surface area contributed by atoms with Crippen LogP contribution in [0.15, 0.2) is 0 Å². The van der Waals surface area contributed by atoms with E-state index in [1.54, 1.807) is 0 Å². The molecule has 0 saturated heterocycles. The highest BCUT2D eigenvalue weighted by Crippen LogP contribution is 2.10. The fourth-order valence-electron chi connectivity index (χ4n) is 1.87. The molecule has 0 saturated carbocycles. The van der Waals surface area contributed by atoms with Gasteiger partial charge in [-0.25, -0.2) is 0 Å². The summed E-state index contributed by atoms with van der Waals surface area (Å²) in [6.07, 6.45) is 3.58. The average Bonchev–Trinajstić information content (AvgIpc) is 2.02. The van der Waals surface area contributed by atoms with E-state index in [2.05, 4.69) is 39.6 Å². The lowest BCUT2D eigenvalue weighted by Crippen LogP contribution is -2.40. The molecule has 0 radical (unpaired) electrons. The first-order valence-electron chi connectivity index (χ1n) is 5.93. The van der Waals surface area contributed by atoms with Crippen LogP contribution in [0.2, 0.25) is 0 Å². The summed E-state index contributed by atoms with van der Waals surface area (Å²) in [5.41, 5.74) is 6.01. The molecule has 0 amide bonds. The van der Waals surface area contributed by atoms with Crippen molar-refractivity contribution in [1.29, 1.82) is 0 Å². The molecular weight excluding hydrogens is 172 g/mol. The number of nitrogens with zero attached hydrogens (tertiary/aromatic N) is 1. The predicted molar refractivity (Wildman–Crippen MR) is 64.4 cm³/mol. The lowest BCUT2D eigenvalue weighted by Gasteiger charge is -2.28. The van der Waals surface area contributed by atoms with Gasteiger partial charge in [0.2, 0.25) is 0 Å². The third-order valence-electron chi connectivity index (χ3n) is 2.75. The minimum absolute atomic E-state index is 0.347. The summed E-state index contributed by atoms with van der Waals surface area (Å²) >= 11 is 0. The standard InChI is InChI=1S/C12H28N2/c1-6-7-12(13)9-14(5)11(4)8-10(2)3/h10-12H,6-9,13H2,1-5H3. The summed E-state index contributed by atoms with van der Waals surface area (Å²) in [6, 6.07) is 0.998. The van der Waals surface area contributed by atoms with Crippen molar-refractivity contribution in [3.05, 3.63) is 0 Å². The first kappa shape index (κ1) is 13.9. The molecule has 0 aromatic heterocycles. The van der Waals surface area contributed by atoms with Crippen LogP contribution in [0.4, 0.5) is 0 Å². The summed E-state index contributed by atoms with van der Waals surface area (Å²) < 4.78 is 0. The molecule has 0 rings (SSSR count). The molecule has 2 atom stereocenters. The zero-order valence-corrected chi connectivity index (χ0v) is 10.6. The normalized spacial score (nSPS) is 16.3. The quantitative estimate of drug-likeness (QED) is 0.684. The molecule has 0 aromatic carbocycles. The van der Waals surface area contributed by atoms with Crippen LogP contribution >= 0.6 is 0 Å². The second kappa shape index (κ2) is 7.24. The Kier molecular flexibility index (Phi) is 7.20. The van der Waals surface area contributed by atoms with Crippen LogP contribution in [0.1, 0.15) is 47.0 Å². The largest absolute Gasteiger partial charge is 0.327 e. The van der Waals surface area contributed by atoms with Crippen molar-refractivity contribution in [2.45, 2.75) is 59.0 Å². The van der Waals surface area contributed by atoms with E-state index in [1.807, 2.05) is 0 Å². The van der Waals surface area contributed by atoms with Crippen LogP contribution in [0, 0.1) is 5.92 Å². The van der Waals surface area contributed by atoms with Gasteiger partial charge in [-0.3, -0.25) is 0 Å². The van der Waals surface area contributed by atoms with E-state index < -0.39 is 0 Å². The third-order valence-corrected chi connectivity index (χ3v) is 2.75. The topological polar surface area (TPSA) is 29.3 Å². The van der Waals surface area contributed by atoms with Gasteiger partial charge in [-0.15, -0.1) is 0 Å². The molecule has 2 heteroatoms. The highest BCUT2D eigenvalue weighted by Gasteiger charge is 2.13. The zero-order chi connectivity index (χ0) is 11.1. The minimum Gasteiger partial charge on any atom is -0.327 e. The third kappa shape index (κ3) is 6.39. The van der Waals surface area contributed by atoms with E-state index >= 15 is 0 Å². The molecule has 0 aliphatic heterocycles. The van der Waals surface area contributed by atoms with Gasteiger partial charge in [0.1, 0.15) is 0 Å². The molecule has 2 unspecified atom stereocenters. The van der Waals surface area contributed by atoms with E-state index in [1.165, 1.54) is 12.8 Å². The predicted octanol–water partition coefficient (Wildman–Crippen LogP) is 2.48. The minimum atomic E-state index is 0.347. The number of hydrogen-bond acceptors (Lipinski definition) is 2. The molecule has 0 spiro atoms. The molecule has 0 aromatic rings. The van der Waals surface area contributed by atoms with Crippen LogP contribution in [0.25, 0.3) is 0 Å². The van der Waals surface area contributed by atoms with Crippen LogP contribution < -0.4 is 5.73 Å². The number of nitrogens with two attached hydrogens (primary N) is 1. The smallest absolute Gasteiger partial charge is 0.0167 e. The van der Waals surface area contributed by atoms with E-state index in [0.29, 0.717) is 12.1 Å². The fourth-order valence-corrected chi connectivity index (χ4v) is 1.87. The number of likely N-dealkylation sites (N-methyl/N-ethyl adjacent to an activating group) is 1. The fraction of sp³-hybridized carbons (Fsp3) is 1.00. The van der Waals surface area contributed by atoms with E-state index in [0.717, 1.165) is 18.9 Å². The van der Waals surface area contributed by atoms with E-state index in [9.17, 15) is 0 Å². The van der Waals surface area contributed by atoms with Crippen molar-refractivity contribution in [2.24, 2.45) is 11.7 Å². The first-order chi connectivity index (χ1) is 6.47. The Morgan fingerprint density at radius 1 is 1.21 bits per heavy atom. The van der Waals surface area contributed by atoms with Gasteiger partial charge >= 0.3 is 0 Å². The Labute approximate surface area is 89.9 Å². The molecule has 86 valence electrons. The molecule has 0 aliphatic rings. The maximum absolute atomic E-state index is 6.01. The molecule has 0 aliphatic carbocycles. The van der Waals surface area contributed by atoms with Crippen molar-refractivity contribution in [1.82, 2.24) is 4.90 Å². The molecule has 0 fully saturated rings. The van der Waals surface area contributed by atoms with Gasteiger partial charge < -0.3 is 10.6 Å². The van der Waals surface area contributed by atoms with Crippen molar-refractivity contribution < 1.29 is 0 Å². The van der Waals surface area contributed by atoms with Crippen molar-refractivity contribution in [3.8, 4) is 0 Å². The van der Waals surface area contributed by atoms with Crippen molar-refractivity contribution in [3.63, 3.8) is 0 Å². The van der Waals surface area contributed by atoms with Crippen molar-refractivity contribution >= 4 is 0 Å². The van der Waals surface area contributed by atoms with Gasteiger partial charge in [0.15, 0.2) is 0 Å². The molecule has 0 heterocycles. The SMILES string of the molecule is CCCC(N)CN(C)C(C)CC(C)C. The molecular formula is C12H28N2. The molecule has 14 heavy (non-hydrogen) atoms. The maximum atomic E-state index is 6.01. The first-order valence-corrected chi connectivity index (χ1v) is 5.93. The highest BCUT2D eigenvalue weighted by molar-refractivity contribution is 4.71. The van der Waals surface area contributed by atoms with Crippen LogP contribution in [-0.2, 0) is 0 Å². The summed E-state index contributed by atoms with van der Waals surface area (Å²) in [5, 5.41) is 0. The summed E-state index contributed by atoms with van der Waals surface area (Å²) in [6.45, 7) is 10.1. The Balaban J connectivity index is 3.76. The molecule has 2 nitrogen and oxygen atoms in total. The lowest BCUT2D eigenvalue weighted by atomic mass is 10.0. The number of rotatable bonds is 7. The number of hydrogen-bond donors (Lipinski definition) is 1. The summed E-state index contributed by atoms with van der Waals surface area (Å²) in [5.74, 6) is 0.773. The summed E-state index contributed by atoms with van der Waals surface area (Å²) in [7, 11) is 2.18. The Hall–Kier alpha value is -0.0800. The second-order valence-corrected chi connectivity index (χ2v) is 4.97. The molecule has 2 N–H and O–H groups in total. The van der Waals surface area contributed by atoms with E-state index in [-0.39, 0.29) is 0 Å². The van der Waals surface area contributed by atoms with Crippen LogP contribution in [0.5, 0.6) is 0 Å². The molecule has 0 bridgehead atoms. The van der Waals surface area contributed by atoms with Gasteiger partial charge in [-0.2, -0.15) is 0 Å². The Morgan fingerprint density at radius 3 is 2.21 bits per heavy atom. The maximum Gasteiger partial charge on any atom is 0.0167 e. The highest BCUT2D eigenvalue weighted by atomic mass is 15.1. The van der Waals surface area contributed by atoms with Gasteiger partial charge in [0.25, 0.3) is 0 Å². The average molecular weight is 200 g/mol. The summed E-state index contributed by atoms with van der Waals surface area (Å²) in [4.78, 5) is 2.39. The lowest BCUT2D eigenvalue weighted by molar-refractivity contribution is 0.213. The van der Waals surface area contributed by atoms with Crippen LogP contribution in [-0.4, -0.2) is 30.6 Å². The van der Waals surface area contributed by atoms with Crippen LogP contribution in [0.3, 0.4) is 0 Å². The van der Waals surface area contributed by atoms with Crippen molar-refractivity contribution in [2.75, 3.05) is 13.6 Å². The Morgan fingerprint density at radius 2 is 1.79 bits per heavy atom. The zero-order valence-electron chi connectivity index (χ0n) is 10.6. The van der Waals surface area contributed by atoms with Gasteiger partial charge in [0.05, 0.1) is 0 Å². The van der Waals surface area contributed by atoms with Gasteiger partial charge in [0, 0.05) is 18.6 Å². The van der Waals surface area contributed by atoms with E-state index in [4.69, 9.17) is 5.73 Å². The second-order valence-electron chi connectivity index (χ2n) is 4.97. The van der Waals surface area contributed by atoms with Gasteiger partial charge in [-0.05, 0) is 32.7 Å². The van der Waals surface area contributed by atoms with Gasteiger partial charge in [-0.1, -0.05) is 27.2 Å². The Bertz CT molecular complexity index is 134.